The highest BCUT2D eigenvalue weighted by Crippen LogP contribution is 2.26. The van der Waals surface area contributed by atoms with Crippen LogP contribution in [0.5, 0.6) is 0 Å². The van der Waals surface area contributed by atoms with Crippen LogP contribution >= 0.6 is 0 Å². The third kappa shape index (κ3) is 2.31. The number of nitriles is 1. The summed E-state index contributed by atoms with van der Waals surface area (Å²) in [4.78, 5) is 2.31. The Hall–Kier alpha value is -0.630. The Labute approximate surface area is 91.2 Å². The average Bonchev–Trinajstić information content (AvgIpc) is 2.59. The molecule has 15 heavy (non-hydrogen) atoms. The van der Waals surface area contributed by atoms with Crippen LogP contribution in [0.3, 0.4) is 0 Å². The molecular weight excluding hydrogens is 190 g/mol. The maximum atomic E-state index is 9.39. The van der Waals surface area contributed by atoms with Gasteiger partial charge in [-0.2, -0.15) is 5.26 Å². The molecule has 2 heterocycles. The maximum Gasteiger partial charge on any atom is 0.132 e. The van der Waals surface area contributed by atoms with E-state index in [1.54, 1.807) is 0 Å². The van der Waals surface area contributed by atoms with Gasteiger partial charge in [0.2, 0.25) is 0 Å². The van der Waals surface area contributed by atoms with E-state index in [-0.39, 0.29) is 5.54 Å². The van der Waals surface area contributed by atoms with Crippen LogP contribution < -0.4 is 5.32 Å². The number of nitrogens with zero attached hydrogens (tertiary/aromatic N) is 2. The van der Waals surface area contributed by atoms with E-state index in [0.29, 0.717) is 6.61 Å². The van der Waals surface area contributed by atoms with Gasteiger partial charge in [-0.1, -0.05) is 0 Å². The zero-order valence-corrected chi connectivity index (χ0v) is 9.17. The van der Waals surface area contributed by atoms with E-state index in [1.165, 1.54) is 0 Å². The van der Waals surface area contributed by atoms with Crippen LogP contribution in [0.15, 0.2) is 0 Å². The molecule has 84 valence electrons. The summed E-state index contributed by atoms with van der Waals surface area (Å²) in [5, 5.41) is 12.8. The van der Waals surface area contributed by atoms with E-state index < -0.39 is 0 Å². The molecule has 1 atom stereocenters. The Morgan fingerprint density at radius 3 is 2.93 bits per heavy atom. The van der Waals surface area contributed by atoms with Gasteiger partial charge in [0, 0.05) is 26.2 Å². The summed E-state index contributed by atoms with van der Waals surface area (Å²) in [5.74, 6) is 0. The van der Waals surface area contributed by atoms with E-state index in [1.807, 2.05) is 0 Å². The second kappa shape index (κ2) is 4.93. The number of hydrogen-bond donors (Lipinski definition) is 1. The minimum Gasteiger partial charge on any atom is -0.378 e. The van der Waals surface area contributed by atoms with E-state index in [4.69, 9.17) is 4.74 Å². The largest absolute Gasteiger partial charge is 0.378 e. The lowest BCUT2D eigenvalue weighted by molar-refractivity contribution is -0.0167. The summed E-state index contributed by atoms with van der Waals surface area (Å²) in [6.07, 6.45) is 3.10. The molecule has 0 aliphatic carbocycles. The van der Waals surface area contributed by atoms with E-state index in [2.05, 4.69) is 16.3 Å². The first kappa shape index (κ1) is 10.9. The molecule has 2 aliphatic heterocycles. The lowest BCUT2D eigenvalue weighted by Gasteiger charge is -2.40. The minimum atomic E-state index is -0.343. The van der Waals surface area contributed by atoms with Crippen molar-refractivity contribution in [2.24, 2.45) is 0 Å². The third-order valence-corrected chi connectivity index (χ3v) is 3.37. The molecule has 2 fully saturated rings. The van der Waals surface area contributed by atoms with Crippen molar-refractivity contribution in [1.82, 2.24) is 10.2 Å². The maximum absolute atomic E-state index is 9.39. The van der Waals surface area contributed by atoms with Gasteiger partial charge in [0.25, 0.3) is 0 Å². The van der Waals surface area contributed by atoms with Gasteiger partial charge in [0.15, 0.2) is 0 Å². The fourth-order valence-electron chi connectivity index (χ4n) is 2.46. The molecule has 0 amide bonds. The smallest absolute Gasteiger partial charge is 0.132 e. The molecule has 4 nitrogen and oxygen atoms in total. The zero-order valence-electron chi connectivity index (χ0n) is 9.17. The molecule has 0 aromatic carbocycles. The highest BCUT2D eigenvalue weighted by molar-refractivity contribution is 5.10. The van der Waals surface area contributed by atoms with Crippen LogP contribution in [0.1, 0.15) is 19.3 Å². The molecule has 4 heteroatoms. The highest BCUT2D eigenvalue weighted by Gasteiger charge is 2.39. The van der Waals surface area contributed by atoms with Gasteiger partial charge in [0.1, 0.15) is 5.54 Å². The van der Waals surface area contributed by atoms with Crippen LogP contribution in [0.25, 0.3) is 0 Å². The van der Waals surface area contributed by atoms with Gasteiger partial charge in [-0.25, -0.2) is 0 Å². The monoisotopic (exact) mass is 209 g/mol. The van der Waals surface area contributed by atoms with E-state index in [0.717, 1.165) is 52.0 Å². The second-order valence-corrected chi connectivity index (χ2v) is 4.39. The van der Waals surface area contributed by atoms with Crippen LogP contribution in [0, 0.1) is 11.3 Å². The number of nitrogens with one attached hydrogen (secondary N) is 1. The minimum absolute atomic E-state index is 0.343. The Morgan fingerprint density at radius 1 is 1.27 bits per heavy atom. The standard InChI is InChI=1S/C11H19N3O/c12-9-11(3-1-8-15-10-11)14-6-2-4-13-5-7-14/h13H,1-8,10H2. The molecule has 2 saturated heterocycles. The molecule has 1 unspecified atom stereocenters. The fourth-order valence-corrected chi connectivity index (χ4v) is 2.46. The quantitative estimate of drug-likeness (QED) is 0.677. The highest BCUT2D eigenvalue weighted by atomic mass is 16.5. The first-order valence-corrected chi connectivity index (χ1v) is 5.82. The van der Waals surface area contributed by atoms with Crippen molar-refractivity contribution >= 4 is 0 Å². The molecule has 1 N–H and O–H groups in total. The third-order valence-electron chi connectivity index (χ3n) is 3.37. The number of ether oxygens (including phenoxy) is 1. The van der Waals surface area contributed by atoms with Gasteiger partial charge < -0.3 is 10.1 Å². The topological polar surface area (TPSA) is 48.3 Å². The fraction of sp³-hybridized carbons (Fsp3) is 0.909. The van der Waals surface area contributed by atoms with Crippen molar-refractivity contribution < 1.29 is 4.74 Å². The molecule has 0 radical (unpaired) electrons. The predicted octanol–water partition coefficient (Wildman–Crippen LogP) is 0.354. The Morgan fingerprint density at radius 2 is 2.20 bits per heavy atom. The van der Waals surface area contributed by atoms with Crippen LogP contribution in [-0.4, -0.2) is 49.8 Å². The first-order valence-electron chi connectivity index (χ1n) is 5.82. The summed E-state index contributed by atoms with van der Waals surface area (Å²) in [6, 6.07) is 2.49. The molecular formula is C11H19N3O. The summed E-state index contributed by atoms with van der Waals surface area (Å²) in [6.45, 7) is 5.45. The molecule has 0 aromatic rings. The van der Waals surface area contributed by atoms with Crippen LogP contribution in [0.4, 0.5) is 0 Å². The Balaban J connectivity index is 2.06. The van der Waals surface area contributed by atoms with Crippen molar-refractivity contribution in [2.75, 3.05) is 39.4 Å². The molecule has 2 aliphatic rings. The van der Waals surface area contributed by atoms with Crippen LogP contribution in [-0.2, 0) is 4.74 Å². The summed E-state index contributed by atoms with van der Waals surface area (Å²) < 4.78 is 5.49. The summed E-state index contributed by atoms with van der Waals surface area (Å²) >= 11 is 0. The Bertz CT molecular complexity index is 235. The SMILES string of the molecule is N#CC1(N2CCCNCC2)CCCOC1. The lowest BCUT2D eigenvalue weighted by Crippen LogP contribution is -2.54. The lowest BCUT2D eigenvalue weighted by atomic mass is 9.91. The number of hydrogen-bond acceptors (Lipinski definition) is 4. The molecule has 0 bridgehead atoms. The van der Waals surface area contributed by atoms with Gasteiger partial charge in [-0.3, -0.25) is 4.90 Å². The van der Waals surface area contributed by atoms with E-state index >= 15 is 0 Å². The second-order valence-electron chi connectivity index (χ2n) is 4.39. The van der Waals surface area contributed by atoms with Gasteiger partial charge in [0.05, 0.1) is 12.7 Å². The van der Waals surface area contributed by atoms with Crippen molar-refractivity contribution in [3.63, 3.8) is 0 Å². The van der Waals surface area contributed by atoms with Crippen molar-refractivity contribution in [1.29, 1.82) is 5.26 Å². The van der Waals surface area contributed by atoms with Crippen molar-refractivity contribution in [2.45, 2.75) is 24.8 Å². The number of rotatable bonds is 1. The average molecular weight is 209 g/mol. The zero-order chi connectivity index (χ0) is 10.6. The van der Waals surface area contributed by atoms with Crippen molar-refractivity contribution in [3.05, 3.63) is 0 Å². The van der Waals surface area contributed by atoms with Gasteiger partial charge >= 0.3 is 0 Å². The molecule has 0 saturated carbocycles. The first-order chi connectivity index (χ1) is 7.37. The van der Waals surface area contributed by atoms with Crippen LogP contribution in [0.2, 0.25) is 0 Å². The molecule has 0 aromatic heterocycles. The summed E-state index contributed by atoms with van der Waals surface area (Å²) in [5.41, 5.74) is -0.343. The normalized spacial score (nSPS) is 34.3. The predicted molar refractivity (Wildman–Crippen MR) is 57.5 cm³/mol. The molecule has 0 spiro atoms. The summed E-state index contributed by atoms with van der Waals surface area (Å²) in [7, 11) is 0. The van der Waals surface area contributed by atoms with E-state index in [9.17, 15) is 5.26 Å². The Kier molecular flexibility index (Phi) is 3.57. The molecule has 2 rings (SSSR count). The van der Waals surface area contributed by atoms with Gasteiger partial charge in [-0.15, -0.1) is 0 Å². The van der Waals surface area contributed by atoms with Crippen molar-refractivity contribution in [3.8, 4) is 6.07 Å². The van der Waals surface area contributed by atoms with Gasteiger partial charge in [-0.05, 0) is 25.8 Å².